The lowest BCUT2D eigenvalue weighted by molar-refractivity contribution is 0.306. The van der Waals surface area contributed by atoms with Gasteiger partial charge in [-0.25, -0.2) is 0 Å². The van der Waals surface area contributed by atoms with Crippen molar-refractivity contribution < 1.29 is 14.6 Å². The van der Waals surface area contributed by atoms with E-state index in [2.05, 4.69) is 0 Å². The highest BCUT2D eigenvalue weighted by Crippen LogP contribution is 2.33. The maximum Gasteiger partial charge on any atom is 0.130 e. The first kappa shape index (κ1) is 15.0. The quantitative estimate of drug-likeness (QED) is 0.746. The van der Waals surface area contributed by atoms with Crippen molar-refractivity contribution in [1.29, 1.82) is 0 Å². The minimum absolute atomic E-state index is 0.188. The highest BCUT2D eigenvalue weighted by molar-refractivity contribution is 5.71. The first-order valence-electron chi connectivity index (χ1n) is 7.40. The lowest BCUT2D eigenvalue weighted by Gasteiger charge is -2.10. The number of hydrogen-bond acceptors (Lipinski definition) is 3. The van der Waals surface area contributed by atoms with Crippen molar-refractivity contribution in [3.05, 3.63) is 78.4 Å². The van der Waals surface area contributed by atoms with Crippen LogP contribution in [0.25, 0.3) is 11.1 Å². The number of benzene rings is 3. The summed E-state index contributed by atoms with van der Waals surface area (Å²) < 4.78 is 11.1. The van der Waals surface area contributed by atoms with Gasteiger partial charge in [-0.05, 0) is 35.4 Å². The summed E-state index contributed by atoms with van der Waals surface area (Å²) in [5.41, 5.74) is 3.07. The molecule has 0 aromatic heterocycles. The summed E-state index contributed by atoms with van der Waals surface area (Å²) >= 11 is 0. The molecule has 0 bridgehead atoms. The Morgan fingerprint density at radius 2 is 1.61 bits per heavy atom. The van der Waals surface area contributed by atoms with Crippen LogP contribution in [0.4, 0.5) is 0 Å². The lowest BCUT2D eigenvalue weighted by atomic mass is 10.0. The molecule has 3 nitrogen and oxygen atoms in total. The van der Waals surface area contributed by atoms with Crippen molar-refractivity contribution in [3.63, 3.8) is 0 Å². The molecule has 116 valence electrons. The van der Waals surface area contributed by atoms with Gasteiger partial charge >= 0.3 is 0 Å². The summed E-state index contributed by atoms with van der Waals surface area (Å²) in [7, 11) is 1.59. The molecule has 23 heavy (non-hydrogen) atoms. The molecule has 1 N–H and O–H groups in total. The Hall–Kier alpha value is -2.94. The molecular formula is C20H18O3. The van der Waals surface area contributed by atoms with Crippen molar-refractivity contribution in [3.8, 4) is 28.4 Å². The molecule has 0 heterocycles. The summed E-state index contributed by atoms with van der Waals surface area (Å²) in [4.78, 5) is 0. The normalized spacial score (nSPS) is 10.3. The summed E-state index contributed by atoms with van der Waals surface area (Å²) in [6.45, 7) is 0.544. The number of aromatic hydroxyl groups is 1. The average Bonchev–Trinajstić information content (AvgIpc) is 2.61. The van der Waals surface area contributed by atoms with Gasteiger partial charge in [0.05, 0.1) is 7.11 Å². The Morgan fingerprint density at radius 1 is 0.870 bits per heavy atom. The molecule has 0 atom stereocenters. The van der Waals surface area contributed by atoms with E-state index in [0.29, 0.717) is 12.4 Å². The van der Waals surface area contributed by atoms with Crippen LogP contribution in [0.5, 0.6) is 17.2 Å². The monoisotopic (exact) mass is 306 g/mol. The van der Waals surface area contributed by atoms with Crippen LogP contribution in [0.2, 0.25) is 0 Å². The van der Waals surface area contributed by atoms with E-state index in [1.165, 1.54) is 0 Å². The van der Waals surface area contributed by atoms with Crippen molar-refractivity contribution in [2.45, 2.75) is 6.61 Å². The first-order chi connectivity index (χ1) is 11.3. The summed E-state index contributed by atoms with van der Waals surface area (Å²) in [6.07, 6.45) is 0. The molecule has 0 fully saturated rings. The fraction of sp³-hybridized carbons (Fsp3) is 0.100. The van der Waals surface area contributed by atoms with Gasteiger partial charge < -0.3 is 14.6 Å². The fourth-order valence-corrected chi connectivity index (χ4v) is 2.39. The topological polar surface area (TPSA) is 38.7 Å². The summed E-state index contributed by atoms with van der Waals surface area (Å²) in [5, 5.41) is 9.54. The van der Waals surface area contributed by atoms with Gasteiger partial charge in [-0.3, -0.25) is 0 Å². The van der Waals surface area contributed by atoms with E-state index in [0.717, 1.165) is 22.4 Å². The largest absolute Gasteiger partial charge is 0.508 e. The Balaban J connectivity index is 1.74. The smallest absolute Gasteiger partial charge is 0.130 e. The van der Waals surface area contributed by atoms with Gasteiger partial charge in [-0.1, -0.05) is 42.5 Å². The third kappa shape index (κ3) is 3.64. The second kappa shape index (κ2) is 6.88. The van der Waals surface area contributed by atoms with Gasteiger partial charge in [-0.15, -0.1) is 0 Å². The van der Waals surface area contributed by atoms with Crippen LogP contribution in [-0.2, 0) is 6.61 Å². The maximum atomic E-state index is 9.54. The highest BCUT2D eigenvalue weighted by atomic mass is 16.5. The van der Waals surface area contributed by atoms with E-state index in [-0.39, 0.29) is 5.75 Å². The number of methoxy groups -OCH3 is 1. The molecule has 0 unspecified atom stereocenters. The molecule has 0 aliphatic rings. The minimum Gasteiger partial charge on any atom is -0.508 e. The van der Waals surface area contributed by atoms with Gasteiger partial charge in [0, 0.05) is 11.6 Å². The third-order valence-corrected chi connectivity index (χ3v) is 3.60. The van der Waals surface area contributed by atoms with Crippen LogP contribution in [0, 0.1) is 0 Å². The van der Waals surface area contributed by atoms with Crippen molar-refractivity contribution in [1.82, 2.24) is 0 Å². The molecular weight excluding hydrogens is 288 g/mol. The first-order valence-corrected chi connectivity index (χ1v) is 7.40. The van der Waals surface area contributed by atoms with Crippen molar-refractivity contribution in [2.24, 2.45) is 0 Å². The van der Waals surface area contributed by atoms with Gasteiger partial charge in [0.15, 0.2) is 0 Å². The molecule has 0 spiro atoms. The van der Waals surface area contributed by atoms with E-state index in [9.17, 15) is 5.11 Å². The Labute approximate surface area is 135 Å². The molecule has 0 amide bonds. The van der Waals surface area contributed by atoms with Gasteiger partial charge in [0.2, 0.25) is 0 Å². The van der Waals surface area contributed by atoms with Crippen LogP contribution in [0.1, 0.15) is 5.56 Å². The predicted molar refractivity (Wildman–Crippen MR) is 90.9 cm³/mol. The zero-order valence-electron chi connectivity index (χ0n) is 12.9. The SMILES string of the molecule is COc1cc(O)ccc1-c1ccc(OCc2ccccc2)cc1. The van der Waals surface area contributed by atoms with E-state index >= 15 is 0 Å². The Morgan fingerprint density at radius 3 is 2.30 bits per heavy atom. The van der Waals surface area contributed by atoms with Crippen LogP contribution in [0.15, 0.2) is 72.8 Å². The molecule has 3 heteroatoms. The molecule has 0 aliphatic heterocycles. The molecule has 3 rings (SSSR count). The second-order valence-corrected chi connectivity index (χ2v) is 5.18. The summed E-state index contributed by atoms with van der Waals surface area (Å²) in [6, 6.07) is 23.0. The predicted octanol–water partition coefficient (Wildman–Crippen LogP) is 4.65. The third-order valence-electron chi connectivity index (χ3n) is 3.60. The van der Waals surface area contributed by atoms with E-state index in [1.54, 1.807) is 19.2 Å². The Bertz CT molecular complexity index is 765. The average molecular weight is 306 g/mol. The maximum absolute atomic E-state index is 9.54. The molecule has 3 aromatic carbocycles. The van der Waals surface area contributed by atoms with E-state index in [4.69, 9.17) is 9.47 Å². The number of hydrogen-bond donors (Lipinski definition) is 1. The Kier molecular flexibility index (Phi) is 4.48. The number of phenolic OH excluding ortho intramolecular Hbond substituents is 1. The highest BCUT2D eigenvalue weighted by Gasteiger charge is 2.07. The molecule has 0 saturated heterocycles. The van der Waals surface area contributed by atoms with E-state index < -0.39 is 0 Å². The van der Waals surface area contributed by atoms with Crippen LogP contribution < -0.4 is 9.47 Å². The van der Waals surface area contributed by atoms with Gasteiger partial charge in [0.1, 0.15) is 23.9 Å². The molecule has 3 aromatic rings. The standard InChI is InChI=1S/C20H18O3/c1-22-20-13-17(21)9-12-19(20)16-7-10-18(11-8-16)23-14-15-5-3-2-4-6-15/h2-13,21H,14H2,1H3. The second-order valence-electron chi connectivity index (χ2n) is 5.18. The van der Waals surface area contributed by atoms with Crippen molar-refractivity contribution >= 4 is 0 Å². The van der Waals surface area contributed by atoms with Gasteiger partial charge in [-0.2, -0.15) is 0 Å². The zero-order valence-corrected chi connectivity index (χ0v) is 12.9. The van der Waals surface area contributed by atoms with Gasteiger partial charge in [0.25, 0.3) is 0 Å². The van der Waals surface area contributed by atoms with Crippen LogP contribution >= 0.6 is 0 Å². The fourth-order valence-electron chi connectivity index (χ4n) is 2.39. The molecule has 0 radical (unpaired) electrons. The number of ether oxygens (including phenoxy) is 2. The molecule has 0 saturated carbocycles. The minimum atomic E-state index is 0.188. The lowest BCUT2D eigenvalue weighted by Crippen LogP contribution is -1.94. The summed E-state index contributed by atoms with van der Waals surface area (Å²) in [5.74, 6) is 1.65. The van der Waals surface area contributed by atoms with Crippen LogP contribution in [0.3, 0.4) is 0 Å². The van der Waals surface area contributed by atoms with Crippen molar-refractivity contribution in [2.75, 3.05) is 7.11 Å². The van der Waals surface area contributed by atoms with E-state index in [1.807, 2.05) is 60.7 Å². The zero-order chi connectivity index (χ0) is 16.1. The van der Waals surface area contributed by atoms with Crippen LogP contribution in [-0.4, -0.2) is 12.2 Å². The number of rotatable bonds is 5. The number of phenols is 1. The molecule has 0 aliphatic carbocycles.